The van der Waals surface area contributed by atoms with Crippen molar-refractivity contribution in [3.8, 4) is 0 Å². The third-order valence-electron chi connectivity index (χ3n) is 3.61. The molecule has 0 amide bonds. The molecule has 0 radical (unpaired) electrons. The fourth-order valence-corrected chi connectivity index (χ4v) is 2.38. The molecule has 0 nitrogen and oxygen atoms in total. The molecule has 0 aliphatic heterocycles. The first-order valence-corrected chi connectivity index (χ1v) is 5.96. The van der Waals surface area contributed by atoms with Crippen molar-refractivity contribution in [3.05, 3.63) is 36.0 Å². The summed E-state index contributed by atoms with van der Waals surface area (Å²) in [6.45, 7) is 13.2. The van der Waals surface area contributed by atoms with Crippen LogP contribution < -0.4 is 0 Å². The van der Waals surface area contributed by atoms with Crippen LogP contribution in [0.5, 0.6) is 0 Å². The molecule has 0 bridgehead atoms. The van der Waals surface area contributed by atoms with Gasteiger partial charge in [-0.1, -0.05) is 49.8 Å². The van der Waals surface area contributed by atoms with Crippen LogP contribution in [-0.4, -0.2) is 0 Å². The van der Waals surface area contributed by atoms with Gasteiger partial charge in [0.25, 0.3) is 0 Å². The normalized spacial score (nSPS) is 27.3. The van der Waals surface area contributed by atoms with Crippen LogP contribution in [-0.2, 0) is 0 Å². The van der Waals surface area contributed by atoms with E-state index in [2.05, 4.69) is 52.5 Å². The number of hydrogen-bond acceptors (Lipinski definition) is 0. The predicted molar refractivity (Wildman–Crippen MR) is 68.8 cm³/mol. The van der Waals surface area contributed by atoms with E-state index in [1.165, 1.54) is 30.4 Å². The Kier molecular flexibility index (Phi) is 3.96. The van der Waals surface area contributed by atoms with Crippen LogP contribution in [0.1, 0.15) is 47.0 Å². The van der Waals surface area contributed by atoms with Crippen LogP contribution in [0.25, 0.3) is 0 Å². The van der Waals surface area contributed by atoms with Crippen molar-refractivity contribution >= 4 is 0 Å². The Balaban J connectivity index is 2.81. The van der Waals surface area contributed by atoms with Gasteiger partial charge in [0.2, 0.25) is 0 Å². The summed E-state index contributed by atoms with van der Waals surface area (Å²) in [4.78, 5) is 0. The molecule has 0 N–H and O–H groups in total. The zero-order valence-electron chi connectivity index (χ0n) is 10.6. The van der Waals surface area contributed by atoms with Gasteiger partial charge in [0, 0.05) is 5.92 Å². The summed E-state index contributed by atoms with van der Waals surface area (Å²) in [5.74, 6) is 0.557. The van der Waals surface area contributed by atoms with E-state index < -0.39 is 0 Å². The Morgan fingerprint density at radius 2 is 2.13 bits per heavy atom. The molecule has 0 heteroatoms. The van der Waals surface area contributed by atoms with E-state index in [0.717, 1.165) is 0 Å². The zero-order valence-corrected chi connectivity index (χ0v) is 10.6. The summed E-state index contributed by atoms with van der Waals surface area (Å²) in [6.07, 6.45) is 10.6. The molecule has 84 valence electrons. The highest BCUT2D eigenvalue weighted by Crippen LogP contribution is 2.43. The average Bonchev–Trinajstić information content (AvgIpc) is 2.15. The molecule has 1 aliphatic rings. The van der Waals surface area contributed by atoms with Gasteiger partial charge in [-0.2, -0.15) is 0 Å². The molecule has 0 aromatic rings. The lowest BCUT2D eigenvalue weighted by Crippen LogP contribution is -2.27. The van der Waals surface area contributed by atoms with Crippen LogP contribution in [0.2, 0.25) is 0 Å². The standard InChI is InChI=1S/C15H24/c1-6-12(2)9-10-14-13(3)8-7-11-15(14,4)5/h6,9-10,14H,3,7-8,11H2,1-2,4-5H3/b10-9+,12-6-/t14-/m0/s1. The summed E-state index contributed by atoms with van der Waals surface area (Å²) in [5.41, 5.74) is 3.13. The van der Waals surface area contributed by atoms with Gasteiger partial charge in [-0.3, -0.25) is 0 Å². The lowest BCUT2D eigenvalue weighted by atomic mass is 9.66. The monoisotopic (exact) mass is 204 g/mol. The molecule has 0 aromatic heterocycles. The molecule has 0 saturated heterocycles. The highest BCUT2D eigenvalue weighted by atomic mass is 14.4. The molecule has 1 fully saturated rings. The molecule has 0 aromatic carbocycles. The molecule has 0 spiro atoms. The smallest absolute Gasteiger partial charge is 0.00285 e. The maximum atomic E-state index is 4.22. The lowest BCUT2D eigenvalue weighted by Gasteiger charge is -2.38. The van der Waals surface area contributed by atoms with Crippen molar-refractivity contribution in [2.45, 2.75) is 47.0 Å². The van der Waals surface area contributed by atoms with Gasteiger partial charge in [-0.15, -0.1) is 0 Å². The Morgan fingerprint density at radius 1 is 1.47 bits per heavy atom. The van der Waals surface area contributed by atoms with Gasteiger partial charge in [0.15, 0.2) is 0 Å². The second kappa shape index (κ2) is 4.83. The molecular weight excluding hydrogens is 180 g/mol. The molecule has 1 aliphatic carbocycles. The van der Waals surface area contributed by atoms with E-state index in [1.807, 2.05) is 0 Å². The maximum Gasteiger partial charge on any atom is 0.00285 e. The van der Waals surface area contributed by atoms with E-state index >= 15 is 0 Å². The van der Waals surface area contributed by atoms with Crippen LogP contribution in [0.3, 0.4) is 0 Å². The number of hydrogen-bond donors (Lipinski definition) is 0. The van der Waals surface area contributed by atoms with E-state index in [4.69, 9.17) is 0 Å². The van der Waals surface area contributed by atoms with Crippen molar-refractivity contribution in [3.63, 3.8) is 0 Å². The van der Waals surface area contributed by atoms with Crippen molar-refractivity contribution in [2.24, 2.45) is 11.3 Å². The van der Waals surface area contributed by atoms with E-state index in [9.17, 15) is 0 Å². The topological polar surface area (TPSA) is 0 Å². The molecule has 1 rings (SSSR count). The van der Waals surface area contributed by atoms with Crippen molar-refractivity contribution in [1.82, 2.24) is 0 Å². The third kappa shape index (κ3) is 3.09. The molecule has 1 saturated carbocycles. The fraction of sp³-hybridized carbons (Fsp3) is 0.600. The minimum absolute atomic E-state index is 0.389. The van der Waals surface area contributed by atoms with Gasteiger partial charge in [-0.25, -0.2) is 0 Å². The maximum absolute atomic E-state index is 4.22. The van der Waals surface area contributed by atoms with E-state index in [1.54, 1.807) is 0 Å². The Hall–Kier alpha value is -0.780. The highest BCUT2D eigenvalue weighted by Gasteiger charge is 2.32. The van der Waals surface area contributed by atoms with E-state index in [0.29, 0.717) is 11.3 Å². The largest absolute Gasteiger partial charge is 0.0992 e. The van der Waals surface area contributed by atoms with Gasteiger partial charge in [0.1, 0.15) is 0 Å². The van der Waals surface area contributed by atoms with Crippen LogP contribution in [0.15, 0.2) is 36.0 Å². The first-order valence-electron chi connectivity index (χ1n) is 5.96. The highest BCUT2D eigenvalue weighted by molar-refractivity contribution is 5.23. The quantitative estimate of drug-likeness (QED) is 0.443. The van der Waals surface area contributed by atoms with Gasteiger partial charge in [-0.05, 0) is 38.5 Å². The Labute approximate surface area is 94.8 Å². The Bertz CT molecular complexity index is 289. The van der Waals surface area contributed by atoms with Crippen LogP contribution in [0.4, 0.5) is 0 Å². The zero-order chi connectivity index (χ0) is 11.5. The summed E-state index contributed by atoms with van der Waals surface area (Å²) < 4.78 is 0. The summed E-state index contributed by atoms with van der Waals surface area (Å²) in [5, 5.41) is 0. The van der Waals surface area contributed by atoms with Crippen LogP contribution >= 0.6 is 0 Å². The summed E-state index contributed by atoms with van der Waals surface area (Å²) in [6, 6.07) is 0. The Morgan fingerprint density at radius 3 is 2.67 bits per heavy atom. The first-order chi connectivity index (χ1) is 6.97. The van der Waals surface area contributed by atoms with Crippen LogP contribution in [0, 0.1) is 11.3 Å². The van der Waals surface area contributed by atoms with Gasteiger partial charge in [0.05, 0.1) is 0 Å². The molecule has 0 heterocycles. The average molecular weight is 204 g/mol. The molecular formula is C15H24. The van der Waals surface area contributed by atoms with Crippen molar-refractivity contribution < 1.29 is 0 Å². The lowest BCUT2D eigenvalue weighted by molar-refractivity contribution is 0.228. The number of allylic oxidation sites excluding steroid dienone is 5. The predicted octanol–water partition coefficient (Wildman–Crippen LogP) is 4.89. The summed E-state index contributed by atoms with van der Waals surface area (Å²) >= 11 is 0. The van der Waals surface area contributed by atoms with E-state index in [-0.39, 0.29) is 0 Å². The molecule has 15 heavy (non-hydrogen) atoms. The third-order valence-corrected chi connectivity index (χ3v) is 3.61. The molecule has 0 unspecified atom stereocenters. The summed E-state index contributed by atoms with van der Waals surface area (Å²) in [7, 11) is 0. The minimum atomic E-state index is 0.389. The van der Waals surface area contributed by atoms with Gasteiger partial charge < -0.3 is 0 Å². The molecule has 1 atom stereocenters. The van der Waals surface area contributed by atoms with Crippen molar-refractivity contribution in [2.75, 3.05) is 0 Å². The van der Waals surface area contributed by atoms with Crippen molar-refractivity contribution in [1.29, 1.82) is 0 Å². The number of rotatable bonds is 2. The minimum Gasteiger partial charge on any atom is -0.0992 e. The fourth-order valence-electron chi connectivity index (χ4n) is 2.38. The van der Waals surface area contributed by atoms with Gasteiger partial charge >= 0.3 is 0 Å². The SMILES string of the molecule is C=C1CCCC(C)(C)[C@H]1/C=C/C(C)=C\C. The second-order valence-corrected chi connectivity index (χ2v) is 5.37. The first kappa shape index (κ1) is 12.3. The second-order valence-electron chi connectivity index (χ2n) is 5.37.